The van der Waals surface area contributed by atoms with E-state index in [1.165, 1.54) is 11.3 Å². The average molecular weight is 540 g/mol. The fourth-order valence-corrected chi connectivity index (χ4v) is 6.52. The number of dihydropyridines is 1. The van der Waals surface area contributed by atoms with E-state index in [1.807, 2.05) is 48.0 Å². The van der Waals surface area contributed by atoms with Crippen molar-refractivity contribution in [2.45, 2.75) is 56.8 Å². The highest BCUT2D eigenvalue weighted by Crippen LogP contribution is 2.49. The molecule has 6 nitrogen and oxygen atoms in total. The second-order valence-corrected chi connectivity index (χ2v) is 10.9. The van der Waals surface area contributed by atoms with E-state index in [2.05, 4.69) is 12.2 Å². The van der Waals surface area contributed by atoms with Gasteiger partial charge in [0.25, 0.3) is 0 Å². The molecule has 0 bridgehead atoms. The first-order valence-electron chi connectivity index (χ1n) is 12.7. The van der Waals surface area contributed by atoms with Crippen LogP contribution in [-0.2, 0) is 23.9 Å². The van der Waals surface area contributed by atoms with Gasteiger partial charge in [-0.05, 0) is 62.1 Å². The van der Waals surface area contributed by atoms with E-state index >= 15 is 0 Å². The number of carbonyl (C=O) groups excluding carboxylic acids is 3. The van der Waals surface area contributed by atoms with E-state index in [0.717, 1.165) is 33.2 Å². The number of thiophene rings is 1. The monoisotopic (exact) mass is 539 g/mol. The zero-order valence-corrected chi connectivity index (χ0v) is 23.3. The summed E-state index contributed by atoms with van der Waals surface area (Å²) in [4.78, 5) is 43.0. The van der Waals surface area contributed by atoms with Gasteiger partial charge in [-0.3, -0.25) is 9.59 Å². The summed E-state index contributed by atoms with van der Waals surface area (Å²) in [6, 6.07) is 11.8. The van der Waals surface area contributed by atoms with Gasteiger partial charge in [-0.15, -0.1) is 23.1 Å². The Kier molecular flexibility index (Phi) is 8.92. The number of nitrogens with one attached hydrogen (secondary N) is 1. The van der Waals surface area contributed by atoms with Crippen molar-refractivity contribution in [1.82, 2.24) is 5.32 Å². The molecular formula is C29H33NO5S2. The van der Waals surface area contributed by atoms with Crippen molar-refractivity contribution in [2.24, 2.45) is 5.92 Å². The Bertz CT molecular complexity index is 1210. The van der Waals surface area contributed by atoms with Gasteiger partial charge in [0.15, 0.2) is 5.78 Å². The molecule has 1 aliphatic carbocycles. The molecule has 1 aromatic heterocycles. The predicted octanol–water partition coefficient (Wildman–Crippen LogP) is 5.96. The highest BCUT2D eigenvalue weighted by molar-refractivity contribution is 7.98. The van der Waals surface area contributed by atoms with Gasteiger partial charge in [0.2, 0.25) is 0 Å². The van der Waals surface area contributed by atoms with Gasteiger partial charge < -0.3 is 14.8 Å². The maximum absolute atomic E-state index is 14.3. The van der Waals surface area contributed by atoms with Crippen LogP contribution in [0.15, 0.2) is 69.2 Å². The number of rotatable bonds is 9. The highest BCUT2D eigenvalue weighted by atomic mass is 32.2. The van der Waals surface area contributed by atoms with Crippen LogP contribution in [0.2, 0.25) is 0 Å². The van der Waals surface area contributed by atoms with Gasteiger partial charge in [0.05, 0.1) is 18.8 Å². The molecule has 4 rings (SSSR count). The van der Waals surface area contributed by atoms with Gasteiger partial charge in [0, 0.05) is 38.6 Å². The number of benzene rings is 1. The van der Waals surface area contributed by atoms with Gasteiger partial charge in [-0.1, -0.05) is 31.5 Å². The first kappa shape index (κ1) is 27.2. The molecule has 0 radical (unpaired) electrons. The van der Waals surface area contributed by atoms with Crippen LogP contribution in [-0.4, -0.2) is 37.2 Å². The molecule has 196 valence electrons. The average Bonchev–Trinajstić information content (AvgIpc) is 3.43. The normalized spacial score (nSPS) is 21.4. The van der Waals surface area contributed by atoms with Crippen molar-refractivity contribution in [3.8, 4) is 0 Å². The number of allylic oxidation sites excluding steroid dienone is 3. The third-order valence-electron chi connectivity index (χ3n) is 6.80. The van der Waals surface area contributed by atoms with E-state index in [0.29, 0.717) is 24.0 Å². The number of ether oxygens (including phenoxy) is 2. The van der Waals surface area contributed by atoms with Crippen LogP contribution in [0.3, 0.4) is 0 Å². The molecule has 0 spiro atoms. The summed E-state index contributed by atoms with van der Waals surface area (Å²) >= 11 is 3.16. The van der Waals surface area contributed by atoms with Crippen molar-refractivity contribution in [3.05, 3.63) is 74.8 Å². The first-order chi connectivity index (χ1) is 17.9. The summed E-state index contributed by atoms with van der Waals surface area (Å²) < 4.78 is 10.9. The van der Waals surface area contributed by atoms with Crippen LogP contribution >= 0.6 is 23.1 Å². The molecular weight excluding hydrogens is 506 g/mol. The van der Waals surface area contributed by atoms with Crippen molar-refractivity contribution in [2.75, 3.05) is 19.5 Å². The molecule has 0 fully saturated rings. The third-order valence-corrected chi connectivity index (χ3v) is 8.55. The molecule has 2 aliphatic rings. The van der Waals surface area contributed by atoms with Crippen LogP contribution in [0, 0.1) is 5.92 Å². The zero-order chi connectivity index (χ0) is 26.5. The topological polar surface area (TPSA) is 81.7 Å². The minimum Gasteiger partial charge on any atom is -0.465 e. The minimum atomic E-state index is -0.969. The number of hydrogen-bond acceptors (Lipinski definition) is 8. The van der Waals surface area contributed by atoms with Crippen LogP contribution < -0.4 is 5.32 Å². The second-order valence-electron chi connectivity index (χ2n) is 9.01. The molecule has 0 amide bonds. The number of Topliss-reactive ketones (excluding diaryl/α,β-unsaturated/α-hetero) is 1. The zero-order valence-electron chi connectivity index (χ0n) is 21.7. The van der Waals surface area contributed by atoms with E-state index < -0.39 is 23.8 Å². The summed E-state index contributed by atoms with van der Waals surface area (Å²) in [6.07, 6.45) is 3.94. The largest absolute Gasteiger partial charge is 0.465 e. The Hall–Kier alpha value is -2.84. The molecule has 8 heteroatoms. The minimum absolute atomic E-state index is 0.193. The van der Waals surface area contributed by atoms with Crippen molar-refractivity contribution >= 4 is 40.8 Å². The van der Waals surface area contributed by atoms with Crippen molar-refractivity contribution in [3.63, 3.8) is 0 Å². The fourth-order valence-electron chi connectivity index (χ4n) is 5.25. The molecule has 2 aromatic rings. The lowest BCUT2D eigenvalue weighted by Gasteiger charge is -2.39. The lowest BCUT2D eigenvalue weighted by atomic mass is 9.68. The molecule has 1 aromatic carbocycles. The number of esters is 2. The number of ketones is 1. The van der Waals surface area contributed by atoms with Crippen LogP contribution in [0.1, 0.15) is 62.3 Å². The summed E-state index contributed by atoms with van der Waals surface area (Å²) in [7, 11) is 0. The number of carbonyl (C=O) groups is 3. The highest BCUT2D eigenvalue weighted by Gasteiger charge is 2.49. The van der Waals surface area contributed by atoms with E-state index in [1.54, 1.807) is 25.6 Å². The molecule has 2 heterocycles. The van der Waals surface area contributed by atoms with Gasteiger partial charge in [0.1, 0.15) is 5.92 Å². The Balaban J connectivity index is 1.91. The van der Waals surface area contributed by atoms with Crippen molar-refractivity contribution < 1.29 is 23.9 Å². The quantitative estimate of drug-likeness (QED) is 0.239. The van der Waals surface area contributed by atoms with Gasteiger partial charge >= 0.3 is 11.9 Å². The van der Waals surface area contributed by atoms with E-state index in [-0.39, 0.29) is 24.9 Å². The second kappa shape index (κ2) is 12.1. The Labute approximate surface area is 226 Å². The summed E-state index contributed by atoms with van der Waals surface area (Å²) in [5, 5.41) is 5.42. The third kappa shape index (κ3) is 5.41. The standard InChI is InChI=1S/C29H33NO5S2/c1-5-9-20-26(29(33)35-7-3)23(17-11-13-18(36-4)14-12-17)25-21(30-20)16-19(22-10-8-15-37-22)24(27(25)31)28(32)34-6-2/h8,10-15,19,23-24,30H,5-7,9,16H2,1-4H3/t19-,23+,24-/m0/s1. The fraction of sp³-hybridized carbons (Fsp3) is 0.414. The van der Waals surface area contributed by atoms with Crippen LogP contribution in [0.5, 0.6) is 0 Å². The predicted molar refractivity (Wildman–Crippen MR) is 146 cm³/mol. The first-order valence-corrected chi connectivity index (χ1v) is 14.8. The van der Waals surface area contributed by atoms with Crippen molar-refractivity contribution in [1.29, 1.82) is 0 Å². The molecule has 3 atom stereocenters. The number of hydrogen-bond donors (Lipinski definition) is 1. The van der Waals surface area contributed by atoms with Crippen LogP contribution in [0.25, 0.3) is 0 Å². The maximum Gasteiger partial charge on any atom is 0.336 e. The molecule has 0 unspecified atom stereocenters. The lowest BCUT2D eigenvalue weighted by molar-refractivity contribution is -0.152. The molecule has 0 saturated heterocycles. The Morgan fingerprint density at radius 2 is 1.81 bits per heavy atom. The Morgan fingerprint density at radius 1 is 1.08 bits per heavy atom. The summed E-state index contributed by atoms with van der Waals surface area (Å²) in [6.45, 7) is 5.99. The van der Waals surface area contributed by atoms with Gasteiger partial charge in [-0.2, -0.15) is 0 Å². The summed E-state index contributed by atoms with van der Waals surface area (Å²) in [5.74, 6) is -3.17. The molecule has 1 aliphatic heterocycles. The molecule has 1 N–H and O–H groups in total. The summed E-state index contributed by atoms with van der Waals surface area (Å²) in [5.41, 5.74) is 3.30. The molecule has 37 heavy (non-hydrogen) atoms. The lowest BCUT2D eigenvalue weighted by Crippen LogP contribution is -2.43. The van der Waals surface area contributed by atoms with E-state index in [4.69, 9.17) is 9.47 Å². The SMILES string of the molecule is CCCC1=C(C(=O)OCC)[C@H](c2ccc(SC)cc2)C2=C(C[C@@H](c3cccs3)[C@H](C(=O)OCC)C2=O)N1. The Morgan fingerprint density at radius 3 is 2.41 bits per heavy atom. The molecule has 0 saturated carbocycles. The van der Waals surface area contributed by atoms with Crippen LogP contribution in [0.4, 0.5) is 0 Å². The maximum atomic E-state index is 14.3. The number of thioether (sulfide) groups is 1. The van der Waals surface area contributed by atoms with Gasteiger partial charge in [-0.25, -0.2) is 4.79 Å². The van der Waals surface area contributed by atoms with E-state index in [9.17, 15) is 14.4 Å². The smallest absolute Gasteiger partial charge is 0.336 e.